The Morgan fingerprint density at radius 3 is 2.48 bits per heavy atom. The number of nitrogens with zero attached hydrogens (tertiary/aromatic N) is 3. The fourth-order valence-electron chi connectivity index (χ4n) is 5.79. The molecule has 1 saturated heterocycles. The molecule has 7 rings (SSSR count). The Kier molecular flexibility index (Phi) is 8.66. The minimum atomic E-state index is -1.04. The second-order valence-corrected chi connectivity index (χ2v) is 13.5. The highest BCUT2D eigenvalue weighted by Crippen LogP contribution is 2.44. The Morgan fingerprint density at radius 2 is 1.67 bits per heavy atom. The first-order valence-electron chi connectivity index (χ1n) is 15.2. The number of rotatable bonds is 9. The lowest BCUT2D eigenvalue weighted by atomic mass is 9.95. The van der Waals surface area contributed by atoms with Gasteiger partial charge < -0.3 is 14.9 Å². The number of ketones is 1. The lowest BCUT2D eigenvalue weighted by Crippen LogP contribution is -2.29. The number of thioether (sulfide) groups is 1. The molecule has 238 valence electrons. The fourth-order valence-corrected chi connectivity index (χ4v) is 7.66. The summed E-state index contributed by atoms with van der Waals surface area (Å²) in [6.45, 7) is 2.39. The molecular formula is C38H29N3O5S2. The van der Waals surface area contributed by atoms with E-state index in [-0.39, 0.29) is 22.2 Å². The average molecular weight is 672 g/mol. The van der Waals surface area contributed by atoms with Crippen LogP contribution < -0.4 is 9.64 Å². The van der Waals surface area contributed by atoms with Crippen LogP contribution in [0, 0.1) is 6.92 Å². The van der Waals surface area contributed by atoms with Crippen molar-refractivity contribution in [2.45, 2.75) is 29.7 Å². The molecule has 8 nitrogen and oxygen atoms in total. The standard InChI is InChI=1S/C38H29N3O5S2/c1-23-7-4-8-24(19-23)21-46-30-17-15-26(16-18-30)34(43)32-33(27-11-6-13-29(42)20-27)41(36(45)35(32)44)37-39-40-38(48-37)47-22-28-12-5-10-25-9-2-3-14-31(25)28/h2-20,33,42-43H,21-22H2,1H3. The van der Waals surface area contributed by atoms with Crippen LogP contribution in [0.25, 0.3) is 16.5 Å². The Bertz CT molecular complexity index is 2190. The van der Waals surface area contributed by atoms with Crippen LogP contribution in [0.2, 0.25) is 0 Å². The molecule has 1 fully saturated rings. The van der Waals surface area contributed by atoms with Gasteiger partial charge in [0, 0.05) is 11.3 Å². The van der Waals surface area contributed by atoms with E-state index in [9.17, 15) is 19.8 Å². The molecule has 10 heteroatoms. The molecular weight excluding hydrogens is 643 g/mol. The normalized spacial score (nSPS) is 15.7. The SMILES string of the molecule is Cc1cccc(COc2ccc(C(O)=C3C(=O)C(=O)N(c4nnc(SCc5cccc6ccccc56)s4)C3c3cccc(O)c3)cc2)c1. The molecule has 48 heavy (non-hydrogen) atoms. The van der Waals surface area contributed by atoms with Crippen molar-refractivity contribution < 1.29 is 24.5 Å². The van der Waals surface area contributed by atoms with Crippen molar-refractivity contribution in [1.82, 2.24) is 10.2 Å². The molecule has 2 heterocycles. The van der Waals surface area contributed by atoms with Gasteiger partial charge in [0.1, 0.15) is 23.9 Å². The number of carbonyl (C=O) groups excluding carboxylic acids is 2. The van der Waals surface area contributed by atoms with Crippen molar-refractivity contribution in [1.29, 1.82) is 0 Å². The quantitative estimate of drug-likeness (QED) is 0.0520. The van der Waals surface area contributed by atoms with Crippen LogP contribution in [-0.4, -0.2) is 32.1 Å². The van der Waals surface area contributed by atoms with Crippen LogP contribution in [0.4, 0.5) is 5.13 Å². The summed E-state index contributed by atoms with van der Waals surface area (Å²) in [6, 6.07) is 34.3. The molecule has 1 amide bonds. The number of hydrogen-bond donors (Lipinski definition) is 2. The molecule has 1 unspecified atom stereocenters. The smallest absolute Gasteiger partial charge is 0.301 e. The second-order valence-electron chi connectivity index (χ2n) is 11.3. The molecule has 1 aliphatic rings. The van der Waals surface area contributed by atoms with Crippen molar-refractivity contribution in [3.8, 4) is 11.5 Å². The minimum absolute atomic E-state index is 0.0446. The van der Waals surface area contributed by atoms with E-state index in [1.807, 2.05) is 49.4 Å². The van der Waals surface area contributed by atoms with Gasteiger partial charge >= 0.3 is 5.91 Å². The van der Waals surface area contributed by atoms with Gasteiger partial charge in [0.25, 0.3) is 5.78 Å². The zero-order valence-electron chi connectivity index (χ0n) is 25.7. The van der Waals surface area contributed by atoms with E-state index in [1.54, 1.807) is 36.4 Å². The maximum absolute atomic E-state index is 13.6. The molecule has 0 aliphatic carbocycles. The third kappa shape index (κ3) is 6.27. The largest absolute Gasteiger partial charge is 0.508 e. The van der Waals surface area contributed by atoms with Crippen molar-refractivity contribution in [3.05, 3.63) is 149 Å². The van der Waals surface area contributed by atoms with Gasteiger partial charge in [0.2, 0.25) is 5.13 Å². The van der Waals surface area contributed by atoms with E-state index in [1.165, 1.54) is 40.1 Å². The first-order chi connectivity index (χ1) is 23.4. The molecule has 5 aromatic carbocycles. The van der Waals surface area contributed by atoms with E-state index in [2.05, 4.69) is 34.5 Å². The lowest BCUT2D eigenvalue weighted by Gasteiger charge is -2.22. The minimum Gasteiger partial charge on any atom is -0.508 e. The number of ether oxygens (including phenoxy) is 1. The number of phenols is 1. The Morgan fingerprint density at radius 1 is 0.896 bits per heavy atom. The number of amides is 1. The van der Waals surface area contributed by atoms with Crippen LogP contribution in [0.1, 0.15) is 33.9 Å². The zero-order valence-corrected chi connectivity index (χ0v) is 27.4. The molecule has 0 saturated carbocycles. The van der Waals surface area contributed by atoms with Crippen molar-refractivity contribution in [2.75, 3.05) is 4.90 Å². The maximum Gasteiger partial charge on any atom is 0.301 e. The van der Waals surface area contributed by atoms with Gasteiger partial charge in [-0.05, 0) is 70.8 Å². The molecule has 0 spiro atoms. The number of aromatic hydroxyl groups is 1. The number of hydrogen-bond acceptors (Lipinski definition) is 9. The Labute approximate surface area is 285 Å². The number of anilines is 1. The summed E-state index contributed by atoms with van der Waals surface area (Å²) in [5.41, 5.74) is 3.97. The van der Waals surface area contributed by atoms with E-state index >= 15 is 0 Å². The maximum atomic E-state index is 13.6. The van der Waals surface area contributed by atoms with Crippen molar-refractivity contribution >= 4 is 56.5 Å². The van der Waals surface area contributed by atoms with Gasteiger partial charge in [-0.3, -0.25) is 14.5 Å². The number of phenolic OH excluding ortho intramolecular Hbond substituents is 1. The van der Waals surface area contributed by atoms with Gasteiger partial charge in [-0.15, -0.1) is 10.2 Å². The third-order valence-corrected chi connectivity index (χ3v) is 10.2. The predicted octanol–water partition coefficient (Wildman–Crippen LogP) is 8.20. The summed E-state index contributed by atoms with van der Waals surface area (Å²) in [7, 11) is 0. The number of Topliss-reactive ketones (excluding diaryl/α,β-unsaturated/α-hetero) is 1. The molecule has 0 bridgehead atoms. The molecule has 6 aromatic rings. The average Bonchev–Trinajstić information content (AvgIpc) is 3.67. The molecule has 1 atom stereocenters. The lowest BCUT2D eigenvalue weighted by molar-refractivity contribution is -0.132. The topological polar surface area (TPSA) is 113 Å². The Hall–Kier alpha value is -5.45. The number of fused-ring (bicyclic) bond motifs is 1. The van der Waals surface area contributed by atoms with E-state index < -0.39 is 17.7 Å². The van der Waals surface area contributed by atoms with Crippen LogP contribution in [0.3, 0.4) is 0 Å². The van der Waals surface area contributed by atoms with Gasteiger partial charge in [-0.2, -0.15) is 0 Å². The predicted molar refractivity (Wildman–Crippen MR) is 188 cm³/mol. The van der Waals surface area contributed by atoms with Crippen LogP contribution in [0.15, 0.2) is 125 Å². The fraction of sp³-hybridized carbons (Fsp3) is 0.105. The number of benzene rings is 5. The van der Waals surface area contributed by atoms with Gasteiger partial charge in [-0.1, -0.05) is 108 Å². The van der Waals surface area contributed by atoms with Crippen molar-refractivity contribution in [2.24, 2.45) is 0 Å². The van der Waals surface area contributed by atoms with Crippen LogP contribution >= 0.6 is 23.1 Å². The summed E-state index contributed by atoms with van der Waals surface area (Å²) in [5.74, 6) is -0.873. The monoisotopic (exact) mass is 671 g/mol. The number of aliphatic hydroxyl groups excluding tert-OH is 1. The zero-order chi connectivity index (χ0) is 33.2. The van der Waals surface area contributed by atoms with E-state index in [4.69, 9.17) is 4.74 Å². The summed E-state index contributed by atoms with van der Waals surface area (Å²) in [6.07, 6.45) is 0. The highest BCUT2D eigenvalue weighted by molar-refractivity contribution is 8.00. The van der Waals surface area contributed by atoms with E-state index in [0.29, 0.717) is 33.6 Å². The van der Waals surface area contributed by atoms with Gasteiger partial charge in [0.15, 0.2) is 4.34 Å². The molecule has 0 radical (unpaired) electrons. The second kappa shape index (κ2) is 13.3. The molecule has 1 aromatic heterocycles. The summed E-state index contributed by atoms with van der Waals surface area (Å²) in [4.78, 5) is 28.5. The molecule has 2 N–H and O–H groups in total. The van der Waals surface area contributed by atoms with Crippen LogP contribution in [0.5, 0.6) is 11.5 Å². The van der Waals surface area contributed by atoms with E-state index in [0.717, 1.165) is 27.5 Å². The number of aryl methyl sites for hydroxylation is 1. The van der Waals surface area contributed by atoms with Gasteiger partial charge in [0.05, 0.1) is 11.6 Å². The highest BCUT2D eigenvalue weighted by atomic mass is 32.2. The third-order valence-electron chi connectivity index (χ3n) is 8.08. The molecule has 1 aliphatic heterocycles. The first kappa shape index (κ1) is 31.2. The number of aliphatic hydroxyl groups is 1. The summed E-state index contributed by atoms with van der Waals surface area (Å²) >= 11 is 2.68. The summed E-state index contributed by atoms with van der Waals surface area (Å²) < 4.78 is 6.55. The number of aromatic nitrogens is 2. The van der Waals surface area contributed by atoms with Gasteiger partial charge in [-0.25, -0.2) is 0 Å². The number of carbonyl (C=O) groups is 2. The summed E-state index contributed by atoms with van der Waals surface area (Å²) in [5, 5.41) is 33.0. The Balaban J connectivity index is 1.18. The first-order valence-corrected chi connectivity index (χ1v) is 17.0. The van der Waals surface area contributed by atoms with Crippen LogP contribution in [-0.2, 0) is 21.9 Å². The van der Waals surface area contributed by atoms with Crippen molar-refractivity contribution in [3.63, 3.8) is 0 Å². The highest BCUT2D eigenvalue weighted by Gasteiger charge is 2.48.